The summed E-state index contributed by atoms with van der Waals surface area (Å²) in [6.07, 6.45) is -0.237. The topological polar surface area (TPSA) is 81.9 Å². The standard InChI is InChI=1S/C12H22N2O5/c1-11(2,3)19-10(15)14-9(6-7-13(16)17)8-18-12(14,4)5/h9H,6-8H2,1-5H3/t9-/m1/s1. The Labute approximate surface area is 113 Å². The third-order valence-corrected chi connectivity index (χ3v) is 2.81. The lowest BCUT2D eigenvalue weighted by atomic mass is 10.1. The molecule has 0 radical (unpaired) electrons. The average molecular weight is 274 g/mol. The van der Waals surface area contributed by atoms with Crippen LogP contribution >= 0.6 is 0 Å². The number of amides is 1. The zero-order chi connectivity index (χ0) is 14.8. The van der Waals surface area contributed by atoms with Crippen LogP contribution in [0, 0.1) is 10.1 Å². The first-order valence-corrected chi connectivity index (χ1v) is 6.31. The molecule has 1 aliphatic rings. The van der Waals surface area contributed by atoms with Crippen molar-refractivity contribution in [3.05, 3.63) is 10.1 Å². The number of hydrogen-bond donors (Lipinski definition) is 0. The van der Waals surface area contributed by atoms with E-state index in [4.69, 9.17) is 9.47 Å². The first-order valence-electron chi connectivity index (χ1n) is 6.31. The van der Waals surface area contributed by atoms with E-state index in [1.807, 2.05) is 0 Å². The van der Waals surface area contributed by atoms with Gasteiger partial charge in [-0.05, 0) is 34.6 Å². The molecule has 0 saturated carbocycles. The maximum atomic E-state index is 12.2. The summed E-state index contributed by atoms with van der Waals surface area (Å²) in [4.78, 5) is 23.7. The molecule has 1 rings (SSSR count). The van der Waals surface area contributed by atoms with Gasteiger partial charge in [0.25, 0.3) is 0 Å². The molecule has 0 aromatic heterocycles. The van der Waals surface area contributed by atoms with Gasteiger partial charge in [0.1, 0.15) is 11.3 Å². The smallest absolute Gasteiger partial charge is 0.412 e. The highest BCUT2D eigenvalue weighted by Crippen LogP contribution is 2.30. The highest BCUT2D eigenvalue weighted by Gasteiger charge is 2.45. The van der Waals surface area contributed by atoms with Gasteiger partial charge < -0.3 is 9.47 Å². The van der Waals surface area contributed by atoms with Crippen LogP contribution in [0.1, 0.15) is 41.0 Å². The van der Waals surface area contributed by atoms with Gasteiger partial charge in [0, 0.05) is 11.3 Å². The van der Waals surface area contributed by atoms with E-state index in [0.29, 0.717) is 6.61 Å². The van der Waals surface area contributed by atoms with Crippen LogP contribution in [0.5, 0.6) is 0 Å². The van der Waals surface area contributed by atoms with Gasteiger partial charge >= 0.3 is 6.09 Å². The Morgan fingerprint density at radius 2 is 2.11 bits per heavy atom. The molecule has 1 aliphatic heterocycles. The van der Waals surface area contributed by atoms with E-state index in [0.717, 1.165) is 0 Å². The molecular weight excluding hydrogens is 252 g/mol. The number of nitro groups is 1. The molecule has 1 amide bonds. The van der Waals surface area contributed by atoms with Gasteiger partial charge in [-0.1, -0.05) is 0 Å². The largest absolute Gasteiger partial charge is 0.444 e. The van der Waals surface area contributed by atoms with E-state index in [2.05, 4.69) is 0 Å². The lowest BCUT2D eigenvalue weighted by Gasteiger charge is -2.34. The summed E-state index contributed by atoms with van der Waals surface area (Å²) in [5.74, 6) is 0. The second-order valence-electron chi connectivity index (χ2n) is 6.11. The van der Waals surface area contributed by atoms with Crippen molar-refractivity contribution in [2.45, 2.75) is 58.4 Å². The molecule has 1 saturated heterocycles. The third kappa shape index (κ3) is 4.34. The van der Waals surface area contributed by atoms with Gasteiger partial charge in [-0.3, -0.25) is 15.0 Å². The minimum Gasteiger partial charge on any atom is -0.444 e. The summed E-state index contributed by atoms with van der Waals surface area (Å²) in [5, 5.41) is 10.5. The molecule has 110 valence electrons. The molecule has 0 bridgehead atoms. The van der Waals surface area contributed by atoms with Crippen molar-refractivity contribution >= 4 is 6.09 Å². The lowest BCUT2D eigenvalue weighted by Crippen LogP contribution is -2.50. The predicted octanol–water partition coefficient (Wildman–Crippen LogP) is 2.03. The first-order chi connectivity index (χ1) is 8.53. The Morgan fingerprint density at radius 3 is 2.58 bits per heavy atom. The summed E-state index contributed by atoms with van der Waals surface area (Å²) in [7, 11) is 0. The fourth-order valence-corrected chi connectivity index (χ4v) is 2.03. The summed E-state index contributed by atoms with van der Waals surface area (Å²) in [6.45, 7) is 8.94. The Kier molecular flexibility index (Phi) is 4.39. The van der Waals surface area contributed by atoms with Crippen LogP contribution < -0.4 is 0 Å². The molecule has 19 heavy (non-hydrogen) atoms. The maximum absolute atomic E-state index is 12.2. The quantitative estimate of drug-likeness (QED) is 0.581. The molecule has 0 aromatic carbocycles. The summed E-state index contributed by atoms with van der Waals surface area (Å²) in [6, 6.07) is -0.324. The van der Waals surface area contributed by atoms with Crippen LogP contribution in [0.25, 0.3) is 0 Å². The third-order valence-electron chi connectivity index (χ3n) is 2.81. The second kappa shape index (κ2) is 5.32. The Bertz CT molecular complexity index is 362. The fraction of sp³-hybridized carbons (Fsp3) is 0.917. The number of carbonyl (C=O) groups is 1. The van der Waals surface area contributed by atoms with Crippen LogP contribution in [-0.4, -0.2) is 46.4 Å². The van der Waals surface area contributed by atoms with Gasteiger partial charge in [0.2, 0.25) is 6.54 Å². The molecule has 0 spiro atoms. The molecule has 0 N–H and O–H groups in total. The van der Waals surface area contributed by atoms with Crippen molar-refractivity contribution in [3.63, 3.8) is 0 Å². The van der Waals surface area contributed by atoms with Crippen molar-refractivity contribution in [3.8, 4) is 0 Å². The van der Waals surface area contributed by atoms with Crippen molar-refractivity contribution < 1.29 is 19.2 Å². The van der Waals surface area contributed by atoms with E-state index in [9.17, 15) is 14.9 Å². The fourth-order valence-electron chi connectivity index (χ4n) is 2.03. The van der Waals surface area contributed by atoms with Crippen molar-refractivity contribution in [1.29, 1.82) is 0 Å². The highest BCUT2D eigenvalue weighted by atomic mass is 16.6. The van der Waals surface area contributed by atoms with E-state index < -0.39 is 22.3 Å². The van der Waals surface area contributed by atoms with Gasteiger partial charge in [0.05, 0.1) is 12.6 Å². The molecule has 0 aliphatic carbocycles. The maximum Gasteiger partial charge on any atom is 0.412 e. The number of ether oxygens (including phenoxy) is 2. The van der Waals surface area contributed by atoms with Crippen molar-refractivity contribution in [2.75, 3.05) is 13.2 Å². The molecule has 1 heterocycles. The van der Waals surface area contributed by atoms with Crippen LogP contribution in [0.2, 0.25) is 0 Å². The molecule has 1 atom stereocenters. The lowest BCUT2D eigenvalue weighted by molar-refractivity contribution is -0.481. The minimum atomic E-state index is -0.802. The zero-order valence-electron chi connectivity index (χ0n) is 12.1. The van der Waals surface area contributed by atoms with Crippen LogP contribution in [-0.2, 0) is 9.47 Å². The van der Waals surface area contributed by atoms with E-state index in [1.165, 1.54) is 4.90 Å². The number of rotatable bonds is 3. The van der Waals surface area contributed by atoms with Gasteiger partial charge in [-0.15, -0.1) is 0 Å². The van der Waals surface area contributed by atoms with Gasteiger partial charge in [-0.2, -0.15) is 0 Å². The van der Waals surface area contributed by atoms with Crippen LogP contribution in [0.4, 0.5) is 4.79 Å². The van der Waals surface area contributed by atoms with Crippen molar-refractivity contribution in [2.24, 2.45) is 0 Å². The van der Waals surface area contributed by atoms with Crippen molar-refractivity contribution in [1.82, 2.24) is 4.90 Å². The molecule has 0 unspecified atom stereocenters. The minimum absolute atomic E-state index is 0.191. The molecule has 1 fully saturated rings. The normalized spacial score (nSPS) is 22.4. The summed E-state index contributed by atoms with van der Waals surface area (Å²) >= 11 is 0. The van der Waals surface area contributed by atoms with E-state index >= 15 is 0 Å². The van der Waals surface area contributed by atoms with Gasteiger partial charge in [0.15, 0.2) is 0 Å². The van der Waals surface area contributed by atoms with Crippen LogP contribution in [0.15, 0.2) is 0 Å². The Hall–Kier alpha value is -1.37. The second-order valence-corrected chi connectivity index (χ2v) is 6.11. The van der Waals surface area contributed by atoms with Gasteiger partial charge in [-0.25, -0.2) is 4.79 Å². The number of hydrogen-bond acceptors (Lipinski definition) is 5. The summed E-state index contributed by atoms with van der Waals surface area (Å²) in [5.41, 5.74) is -1.41. The molecule has 7 heteroatoms. The molecule has 0 aromatic rings. The number of nitrogens with zero attached hydrogens (tertiary/aromatic N) is 2. The predicted molar refractivity (Wildman–Crippen MR) is 68.4 cm³/mol. The Morgan fingerprint density at radius 1 is 1.53 bits per heavy atom. The number of carbonyl (C=O) groups excluding carboxylic acids is 1. The van der Waals surface area contributed by atoms with E-state index in [1.54, 1.807) is 34.6 Å². The monoisotopic (exact) mass is 274 g/mol. The highest BCUT2D eigenvalue weighted by molar-refractivity contribution is 5.69. The average Bonchev–Trinajstić information content (AvgIpc) is 2.47. The first kappa shape index (κ1) is 15.7. The van der Waals surface area contributed by atoms with E-state index in [-0.39, 0.29) is 19.0 Å². The Balaban J connectivity index is 2.78. The zero-order valence-corrected chi connectivity index (χ0v) is 12.1. The SMILES string of the molecule is CC(C)(C)OC(=O)N1[C@H](CC[N+](=O)[O-])COC1(C)C. The van der Waals surface area contributed by atoms with Crippen LogP contribution in [0.3, 0.4) is 0 Å². The summed E-state index contributed by atoms with van der Waals surface area (Å²) < 4.78 is 10.9. The molecule has 7 nitrogen and oxygen atoms in total. The molecular formula is C12H22N2O5.